The van der Waals surface area contributed by atoms with Crippen LogP contribution in [0.5, 0.6) is 0 Å². The summed E-state index contributed by atoms with van der Waals surface area (Å²) in [5, 5.41) is 11.2. The second kappa shape index (κ2) is 5.84. The number of nitrogens with zero attached hydrogens (tertiary/aromatic N) is 3. The predicted octanol–water partition coefficient (Wildman–Crippen LogP) is 2.87. The molecule has 4 heterocycles. The summed E-state index contributed by atoms with van der Waals surface area (Å²) in [5.74, 6) is -0.654. The molecule has 3 aliphatic rings. The van der Waals surface area contributed by atoms with Crippen molar-refractivity contribution in [2.45, 2.75) is 57.4 Å². The fourth-order valence-electron chi connectivity index (χ4n) is 4.50. The monoisotopic (exact) mass is 379 g/mol. The molecule has 144 valence electrons. The van der Waals surface area contributed by atoms with Crippen LogP contribution in [0.15, 0.2) is 42.5 Å². The second-order valence-electron chi connectivity index (χ2n) is 8.01. The van der Waals surface area contributed by atoms with Gasteiger partial charge in [0, 0.05) is 5.56 Å². The topological polar surface area (TPSA) is 67.6 Å². The van der Waals surface area contributed by atoms with Crippen LogP contribution in [-0.4, -0.2) is 45.4 Å². The molecule has 0 radical (unpaired) electrons. The quantitative estimate of drug-likeness (QED) is 0.648. The number of fused-ring (bicyclic) bond motifs is 5. The molecule has 0 amide bonds. The van der Waals surface area contributed by atoms with Crippen molar-refractivity contribution in [3.05, 3.63) is 48.2 Å². The van der Waals surface area contributed by atoms with E-state index >= 15 is 0 Å². The Morgan fingerprint density at radius 2 is 1.89 bits per heavy atom. The Morgan fingerprint density at radius 1 is 1.04 bits per heavy atom. The lowest BCUT2D eigenvalue weighted by atomic mass is 10.0. The van der Waals surface area contributed by atoms with Crippen molar-refractivity contribution >= 4 is 10.8 Å². The van der Waals surface area contributed by atoms with Gasteiger partial charge >= 0.3 is 0 Å². The van der Waals surface area contributed by atoms with Crippen molar-refractivity contribution in [1.82, 2.24) is 15.0 Å². The van der Waals surface area contributed by atoms with E-state index in [2.05, 4.69) is 40.6 Å². The summed E-state index contributed by atoms with van der Waals surface area (Å²) in [5.41, 5.74) is 2.89. The molecule has 3 aliphatic heterocycles. The van der Waals surface area contributed by atoms with E-state index < -0.39 is 12.1 Å². The zero-order valence-corrected chi connectivity index (χ0v) is 15.7. The highest BCUT2D eigenvalue weighted by Gasteiger charge is 2.56. The normalized spacial score (nSPS) is 30.6. The number of hydrogen-bond acceptors (Lipinski definition) is 6. The van der Waals surface area contributed by atoms with E-state index in [-0.39, 0.29) is 18.3 Å². The molecule has 0 aliphatic carbocycles. The molecule has 6 rings (SSSR count). The molecule has 7 nitrogen and oxygen atoms in total. The molecule has 28 heavy (non-hydrogen) atoms. The summed E-state index contributed by atoms with van der Waals surface area (Å²) >= 11 is 0. The first kappa shape index (κ1) is 16.6. The van der Waals surface area contributed by atoms with Gasteiger partial charge in [0.15, 0.2) is 12.1 Å². The molecule has 1 aromatic heterocycles. The van der Waals surface area contributed by atoms with Crippen LogP contribution in [0.2, 0.25) is 0 Å². The van der Waals surface area contributed by atoms with Gasteiger partial charge in [-0.05, 0) is 24.6 Å². The fraction of sp³-hybridized carbons (Fsp3) is 0.429. The van der Waals surface area contributed by atoms with Crippen molar-refractivity contribution in [2.24, 2.45) is 0 Å². The molecule has 0 bridgehead atoms. The third kappa shape index (κ3) is 2.44. The van der Waals surface area contributed by atoms with Crippen molar-refractivity contribution in [1.29, 1.82) is 0 Å². The average Bonchev–Trinajstić information content (AvgIpc) is 3.26. The van der Waals surface area contributed by atoms with Crippen molar-refractivity contribution < 1.29 is 18.9 Å². The molecular weight excluding hydrogens is 358 g/mol. The van der Waals surface area contributed by atoms with Crippen molar-refractivity contribution in [3.8, 4) is 11.3 Å². The summed E-state index contributed by atoms with van der Waals surface area (Å²) in [6, 6.07) is 14.5. The van der Waals surface area contributed by atoms with E-state index in [1.165, 1.54) is 5.39 Å². The van der Waals surface area contributed by atoms with Gasteiger partial charge in [-0.3, -0.25) is 0 Å². The maximum atomic E-state index is 6.26. The highest BCUT2D eigenvalue weighted by Crippen LogP contribution is 2.41. The Hall–Kier alpha value is -2.32. The minimum Gasteiger partial charge on any atom is -0.366 e. The number of rotatable bonds is 1. The van der Waals surface area contributed by atoms with Gasteiger partial charge in [0.05, 0.1) is 18.8 Å². The molecule has 4 atom stereocenters. The Morgan fingerprint density at radius 3 is 2.82 bits per heavy atom. The van der Waals surface area contributed by atoms with Gasteiger partial charge in [-0.15, -0.1) is 5.10 Å². The van der Waals surface area contributed by atoms with Gasteiger partial charge in [-0.25, -0.2) is 4.68 Å². The number of aromatic nitrogens is 3. The second-order valence-corrected chi connectivity index (χ2v) is 8.01. The summed E-state index contributed by atoms with van der Waals surface area (Å²) < 4.78 is 26.1. The highest BCUT2D eigenvalue weighted by atomic mass is 16.8. The molecular formula is C21H21N3O4. The summed E-state index contributed by atoms with van der Waals surface area (Å²) in [6.45, 7) is 4.77. The van der Waals surface area contributed by atoms with E-state index in [0.29, 0.717) is 13.2 Å². The van der Waals surface area contributed by atoms with Gasteiger partial charge in [0.25, 0.3) is 0 Å². The van der Waals surface area contributed by atoms with Crippen molar-refractivity contribution in [2.75, 3.05) is 0 Å². The molecule has 0 spiro atoms. The third-order valence-corrected chi connectivity index (χ3v) is 5.74. The zero-order chi connectivity index (χ0) is 18.9. The van der Waals surface area contributed by atoms with E-state index in [4.69, 9.17) is 18.9 Å². The number of hydrogen-bond donors (Lipinski definition) is 0. The maximum absolute atomic E-state index is 6.26. The van der Waals surface area contributed by atoms with Gasteiger partial charge in [0.2, 0.25) is 0 Å². The van der Waals surface area contributed by atoms with Gasteiger partial charge in [0.1, 0.15) is 24.0 Å². The Labute approximate surface area is 162 Å². The molecule has 0 unspecified atom stereocenters. The lowest BCUT2D eigenvalue weighted by molar-refractivity contribution is -0.219. The molecule has 3 aromatic rings. The summed E-state index contributed by atoms with van der Waals surface area (Å²) in [6.07, 6.45) is -0.977. The SMILES string of the molecule is CC1(C)O[C@H]2O[C@@H]3Cn4nnc(-c5cccc6ccccc56)c4CO[C@@H]3[C@H]2O1. The highest BCUT2D eigenvalue weighted by molar-refractivity contribution is 5.96. The Balaban J connectivity index is 1.37. The van der Waals surface area contributed by atoms with Gasteiger partial charge in [-0.1, -0.05) is 47.7 Å². The lowest BCUT2D eigenvalue weighted by Gasteiger charge is -2.23. The van der Waals surface area contributed by atoms with Crippen LogP contribution in [-0.2, 0) is 32.1 Å². The summed E-state index contributed by atoms with van der Waals surface area (Å²) in [7, 11) is 0. The smallest absolute Gasteiger partial charge is 0.190 e. The number of benzene rings is 2. The first-order valence-electron chi connectivity index (χ1n) is 9.62. The standard InChI is InChI=1S/C21H21N3O4/c1-21(2)27-19-18-16(26-20(19)28-21)10-24-15(11-25-18)17(22-23-24)14-9-5-7-12-6-3-4-8-13(12)14/h3-9,16,18-20H,10-11H2,1-2H3/t16-,18+,19-,20-/m1/s1. The molecule has 2 fully saturated rings. The van der Waals surface area contributed by atoms with Crippen LogP contribution in [0.3, 0.4) is 0 Å². The van der Waals surface area contributed by atoms with E-state index in [1.54, 1.807) is 0 Å². The van der Waals surface area contributed by atoms with Crippen LogP contribution in [0, 0.1) is 0 Å². The summed E-state index contributed by atoms with van der Waals surface area (Å²) in [4.78, 5) is 0. The molecule has 7 heteroatoms. The first-order valence-corrected chi connectivity index (χ1v) is 9.62. The average molecular weight is 379 g/mol. The van der Waals surface area contributed by atoms with E-state index in [9.17, 15) is 0 Å². The van der Waals surface area contributed by atoms with Crippen LogP contribution in [0.4, 0.5) is 0 Å². The van der Waals surface area contributed by atoms with Gasteiger partial charge < -0.3 is 18.9 Å². The van der Waals surface area contributed by atoms with E-state index in [1.807, 2.05) is 30.7 Å². The number of ether oxygens (including phenoxy) is 4. The predicted molar refractivity (Wildman–Crippen MR) is 100 cm³/mol. The minimum atomic E-state index is -0.654. The van der Waals surface area contributed by atoms with Crippen LogP contribution < -0.4 is 0 Å². The molecule has 2 aromatic carbocycles. The Bertz CT molecular complexity index is 1060. The minimum absolute atomic E-state index is 0.172. The third-order valence-electron chi connectivity index (χ3n) is 5.74. The molecule has 0 saturated carbocycles. The van der Waals surface area contributed by atoms with Crippen LogP contribution >= 0.6 is 0 Å². The van der Waals surface area contributed by atoms with Crippen LogP contribution in [0.1, 0.15) is 19.5 Å². The fourth-order valence-corrected chi connectivity index (χ4v) is 4.50. The zero-order valence-electron chi connectivity index (χ0n) is 15.7. The first-order chi connectivity index (χ1) is 13.6. The largest absolute Gasteiger partial charge is 0.366 e. The lowest BCUT2D eigenvalue weighted by Crippen LogP contribution is -2.37. The van der Waals surface area contributed by atoms with Crippen molar-refractivity contribution in [3.63, 3.8) is 0 Å². The van der Waals surface area contributed by atoms with Gasteiger partial charge in [-0.2, -0.15) is 0 Å². The van der Waals surface area contributed by atoms with Crippen LogP contribution in [0.25, 0.3) is 22.0 Å². The Kier molecular flexibility index (Phi) is 3.47. The molecule has 2 saturated heterocycles. The molecule has 0 N–H and O–H groups in total. The van der Waals surface area contributed by atoms with E-state index in [0.717, 1.165) is 22.3 Å². The maximum Gasteiger partial charge on any atom is 0.190 e.